The van der Waals surface area contributed by atoms with Crippen LogP contribution in [0.4, 0.5) is 0 Å². The first-order valence-electron chi connectivity index (χ1n) is 8.68. The Labute approximate surface area is 129 Å². The van der Waals surface area contributed by atoms with E-state index in [2.05, 4.69) is 10.2 Å². The van der Waals surface area contributed by atoms with Crippen LogP contribution in [0.3, 0.4) is 0 Å². The molecule has 3 aliphatic rings. The molecule has 0 amide bonds. The van der Waals surface area contributed by atoms with Crippen molar-refractivity contribution in [2.75, 3.05) is 31.6 Å². The van der Waals surface area contributed by atoms with E-state index in [9.17, 15) is 8.42 Å². The van der Waals surface area contributed by atoms with Gasteiger partial charge in [0.25, 0.3) is 0 Å². The van der Waals surface area contributed by atoms with Crippen molar-refractivity contribution < 1.29 is 8.42 Å². The van der Waals surface area contributed by atoms with Crippen molar-refractivity contribution >= 4 is 9.84 Å². The highest BCUT2D eigenvalue weighted by Gasteiger charge is 2.39. The lowest BCUT2D eigenvalue weighted by atomic mass is 9.82. The van der Waals surface area contributed by atoms with Gasteiger partial charge < -0.3 is 5.32 Å². The highest BCUT2D eigenvalue weighted by molar-refractivity contribution is 7.90. The van der Waals surface area contributed by atoms with E-state index in [-0.39, 0.29) is 0 Å². The smallest absolute Gasteiger partial charge is 0.148 e. The summed E-state index contributed by atoms with van der Waals surface area (Å²) >= 11 is 0. The second kappa shape index (κ2) is 6.55. The summed E-state index contributed by atoms with van der Waals surface area (Å²) in [6.45, 7) is 2.85. The lowest BCUT2D eigenvalue weighted by molar-refractivity contribution is 0.0724. The molecule has 21 heavy (non-hydrogen) atoms. The molecule has 2 unspecified atom stereocenters. The zero-order valence-corrected chi connectivity index (χ0v) is 14.1. The van der Waals surface area contributed by atoms with Crippen LogP contribution in [-0.2, 0) is 9.84 Å². The van der Waals surface area contributed by atoms with Crippen molar-refractivity contribution in [1.82, 2.24) is 10.2 Å². The summed E-state index contributed by atoms with van der Waals surface area (Å²) in [4.78, 5) is 2.51. The Bertz CT molecular complexity index is 441. The molecule has 3 fully saturated rings. The van der Waals surface area contributed by atoms with Gasteiger partial charge in [-0.15, -0.1) is 0 Å². The van der Waals surface area contributed by atoms with E-state index in [4.69, 9.17) is 0 Å². The number of sulfone groups is 1. The maximum absolute atomic E-state index is 11.5. The molecular weight excluding hydrogens is 284 g/mol. The average molecular weight is 314 g/mol. The first-order valence-corrected chi connectivity index (χ1v) is 10.7. The van der Waals surface area contributed by atoms with Crippen molar-refractivity contribution in [1.29, 1.82) is 0 Å². The molecule has 0 aromatic rings. The Balaban J connectivity index is 1.63. The lowest BCUT2D eigenvalue weighted by Gasteiger charge is -2.45. The standard InChI is InChI=1S/C16H30N2O2S/c1-21(19,20)10-9-18-12-15(13-7-8-13)17-11-16(18)14-5-3-2-4-6-14/h13-17H,2-12H2,1H3. The van der Waals surface area contributed by atoms with Gasteiger partial charge in [0.05, 0.1) is 5.75 Å². The summed E-state index contributed by atoms with van der Waals surface area (Å²) < 4.78 is 23.1. The minimum absolute atomic E-state index is 0.313. The largest absolute Gasteiger partial charge is 0.311 e. The molecule has 1 heterocycles. The van der Waals surface area contributed by atoms with Crippen LogP contribution in [0.2, 0.25) is 0 Å². The zero-order valence-electron chi connectivity index (χ0n) is 13.3. The van der Waals surface area contributed by atoms with Gasteiger partial charge in [0.2, 0.25) is 0 Å². The van der Waals surface area contributed by atoms with Gasteiger partial charge in [0, 0.05) is 38.0 Å². The van der Waals surface area contributed by atoms with Crippen molar-refractivity contribution in [3.63, 3.8) is 0 Å². The molecule has 0 aromatic carbocycles. The molecule has 5 heteroatoms. The van der Waals surface area contributed by atoms with Crippen LogP contribution in [0.15, 0.2) is 0 Å². The SMILES string of the molecule is CS(=O)(=O)CCN1CC(C2CC2)NCC1C1CCCCC1. The predicted octanol–water partition coefficient (Wildman–Crippen LogP) is 1.66. The van der Waals surface area contributed by atoms with Gasteiger partial charge in [-0.25, -0.2) is 8.42 Å². The van der Waals surface area contributed by atoms with E-state index in [0.717, 1.165) is 31.5 Å². The number of rotatable bonds is 5. The fraction of sp³-hybridized carbons (Fsp3) is 1.00. The molecule has 0 radical (unpaired) electrons. The van der Waals surface area contributed by atoms with Crippen molar-refractivity contribution in [3.8, 4) is 0 Å². The summed E-state index contributed by atoms with van der Waals surface area (Å²) in [6, 6.07) is 1.16. The van der Waals surface area contributed by atoms with Gasteiger partial charge in [0.15, 0.2) is 0 Å². The summed E-state index contributed by atoms with van der Waals surface area (Å²) in [6.07, 6.45) is 10.8. The number of hydrogen-bond acceptors (Lipinski definition) is 4. The van der Waals surface area contributed by atoms with E-state index in [1.807, 2.05) is 0 Å². The molecule has 1 saturated heterocycles. The minimum Gasteiger partial charge on any atom is -0.311 e. The monoisotopic (exact) mass is 314 g/mol. The van der Waals surface area contributed by atoms with Gasteiger partial charge in [-0.3, -0.25) is 4.90 Å². The van der Waals surface area contributed by atoms with E-state index < -0.39 is 9.84 Å². The Hall–Kier alpha value is -0.130. The van der Waals surface area contributed by atoms with E-state index in [0.29, 0.717) is 17.8 Å². The fourth-order valence-corrected chi connectivity index (χ4v) is 4.76. The van der Waals surface area contributed by atoms with Crippen LogP contribution in [0.5, 0.6) is 0 Å². The van der Waals surface area contributed by atoms with Gasteiger partial charge in [-0.2, -0.15) is 0 Å². The second-order valence-electron chi connectivity index (χ2n) is 7.44. The Kier molecular flexibility index (Phi) is 4.91. The molecule has 0 aromatic heterocycles. The van der Waals surface area contributed by atoms with Crippen molar-refractivity contribution in [2.24, 2.45) is 11.8 Å². The maximum Gasteiger partial charge on any atom is 0.148 e. The third kappa shape index (κ3) is 4.42. The van der Waals surface area contributed by atoms with E-state index in [1.54, 1.807) is 0 Å². The van der Waals surface area contributed by atoms with E-state index in [1.165, 1.54) is 51.2 Å². The highest BCUT2D eigenvalue weighted by Crippen LogP contribution is 2.36. The maximum atomic E-state index is 11.5. The summed E-state index contributed by atoms with van der Waals surface area (Å²) in [7, 11) is -2.86. The molecule has 122 valence electrons. The van der Waals surface area contributed by atoms with Gasteiger partial charge >= 0.3 is 0 Å². The Morgan fingerprint density at radius 2 is 1.76 bits per heavy atom. The summed E-state index contributed by atoms with van der Waals surface area (Å²) in [5.74, 6) is 1.93. The molecular formula is C16H30N2O2S. The van der Waals surface area contributed by atoms with Crippen LogP contribution in [0.25, 0.3) is 0 Å². The molecule has 0 spiro atoms. The summed E-state index contributed by atoms with van der Waals surface area (Å²) in [5.41, 5.74) is 0. The van der Waals surface area contributed by atoms with Crippen molar-refractivity contribution in [2.45, 2.75) is 57.0 Å². The normalized spacial score (nSPS) is 33.2. The molecule has 2 aliphatic carbocycles. The third-order valence-corrected chi connectivity index (χ3v) is 6.55. The Morgan fingerprint density at radius 3 is 2.38 bits per heavy atom. The topological polar surface area (TPSA) is 49.4 Å². The van der Waals surface area contributed by atoms with Crippen molar-refractivity contribution in [3.05, 3.63) is 0 Å². The van der Waals surface area contributed by atoms with E-state index >= 15 is 0 Å². The predicted molar refractivity (Wildman–Crippen MR) is 86.2 cm³/mol. The van der Waals surface area contributed by atoms with Gasteiger partial charge in [-0.05, 0) is 37.5 Å². The van der Waals surface area contributed by atoms with Crippen LogP contribution in [-0.4, -0.2) is 57.0 Å². The molecule has 1 aliphatic heterocycles. The Morgan fingerprint density at radius 1 is 1.05 bits per heavy atom. The molecule has 4 nitrogen and oxygen atoms in total. The first-order chi connectivity index (χ1) is 10.0. The fourth-order valence-electron chi connectivity index (χ4n) is 4.19. The van der Waals surface area contributed by atoms with Crippen LogP contribution in [0.1, 0.15) is 44.9 Å². The number of piperazine rings is 1. The number of hydrogen-bond donors (Lipinski definition) is 1. The molecule has 3 rings (SSSR count). The third-order valence-electron chi connectivity index (χ3n) is 5.62. The number of nitrogens with one attached hydrogen (secondary N) is 1. The molecule has 1 N–H and O–H groups in total. The quantitative estimate of drug-likeness (QED) is 0.838. The van der Waals surface area contributed by atoms with Gasteiger partial charge in [-0.1, -0.05) is 19.3 Å². The second-order valence-corrected chi connectivity index (χ2v) is 9.70. The summed E-state index contributed by atoms with van der Waals surface area (Å²) in [5, 5.41) is 3.76. The van der Waals surface area contributed by atoms with Gasteiger partial charge in [0.1, 0.15) is 9.84 Å². The highest BCUT2D eigenvalue weighted by atomic mass is 32.2. The first kappa shape index (κ1) is 15.8. The van der Waals surface area contributed by atoms with Crippen LogP contribution in [0, 0.1) is 11.8 Å². The average Bonchev–Trinajstić information content (AvgIpc) is 3.30. The van der Waals surface area contributed by atoms with Crippen LogP contribution < -0.4 is 5.32 Å². The lowest BCUT2D eigenvalue weighted by Crippen LogP contribution is -2.60. The molecule has 2 atom stereocenters. The minimum atomic E-state index is -2.86. The molecule has 0 bridgehead atoms. The van der Waals surface area contributed by atoms with Crippen LogP contribution >= 0.6 is 0 Å². The zero-order chi connectivity index (χ0) is 14.9. The number of nitrogens with zero attached hydrogens (tertiary/aromatic N) is 1. The molecule has 2 saturated carbocycles.